The molecule has 0 aromatic heterocycles. The predicted octanol–water partition coefficient (Wildman–Crippen LogP) is 2.87. The van der Waals surface area contributed by atoms with E-state index in [0.717, 1.165) is 18.2 Å². The summed E-state index contributed by atoms with van der Waals surface area (Å²) < 4.78 is 26.1. The van der Waals surface area contributed by atoms with E-state index >= 15 is 0 Å². The fourth-order valence-corrected chi connectivity index (χ4v) is 1.07. The molecule has 1 rings (SSSR count). The molecule has 1 aromatic rings. The summed E-state index contributed by atoms with van der Waals surface area (Å²) in [6, 6.07) is 3.30. The quantitative estimate of drug-likeness (QED) is 0.611. The Morgan fingerprint density at radius 2 is 1.94 bits per heavy atom. The Morgan fingerprint density at radius 3 is 2.50 bits per heavy atom. The van der Waals surface area contributed by atoms with Crippen LogP contribution in [0.4, 0.5) is 8.78 Å². The zero-order chi connectivity index (χ0) is 12.3. The Morgan fingerprint density at radius 1 is 1.31 bits per heavy atom. The van der Waals surface area contributed by atoms with Gasteiger partial charge in [-0.25, -0.2) is 8.78 Å². The highest BCUT2D eigenvalue weighted by Crippen LogP contribution is 2.15. The average Bonchev–Trinajstić information content (AvgIpc) is 2.17. The summed E-state index contributed by atoms with van der Waals surface area (Å²) in [5.74, 6) is -0.510. The van der Waals surface area contributed by atoms with E-state index in [0.29, 0.717) is 5.84 Å². The van der Waals surface area contributed by atoms with Gasteiger partial charge >= 0.3 is 0 Å². The lowest BCUT2D eigenvalue weighted by Gasteiger charge is -2.17. The van der Waals surface area contributed by atoms with Crippen LogP contribution < -0.4 is 5.73 Å². The summed E-state index contributed by atoms with van der Waals surface area (Å²) in [7, 11) is 0. The van der Waals surface area contributed by atoms with Crippen LogP contribution in [0.1, 0.15) is 26.3 Å². The van der Waals surface area contributed by atoms with E-state index in [9.17, 15) is 8.78 Å². The zero-order valence-electron chi connectivity index (χ0n) is 9.72. The second-order valence-corrected chi connectivity index (χ2v) is 4.69. The van der Waals surface area contributed by atoms with Gasteiger partial charge in [-0.2, -0.15) is 0 Å². The van der Waals surface area contributed by atoms with Gasteiger partial charge in [0.25, 0.3) is 0 Å². The zero-order valence-corrected chi connectivity index (χ0v) is 9.72. The van der Waals surface area contributed by atoms with Crippen LogP contribution in [0.3, 0.4) is 0 Å². The largest absolute Gasteiger partial charge is 0.387 e. The van der Waals surface area contributed by atoms with Gasteiger partial charge in [-0.15, -0.1) is 0 Å². The van der Waals surface area contributed by atoms with Crippen molar-refractivity contribution in [2.24, 2.45) is 16.1 Å². The molecule has 0 radical (unpaired) electrons. The first kappa shape index (κ1) is 12.6. The van der Waals surface area contributed by atoms with Crippen LogP contribution in [0.2, 0.25) is 0 Å². The molecule has 0 bridgehead atoms. The maximum Gasteiger partial charge on any atom is 0.128 e. The monoisotopic (exact) mass is 226 g/mol. The van der Waals surface area contributed by atoms with E-state index in [2.05, 4.69) is 4.99 Å². The van der Waals surface area contributed by atoms with Gasteiger partial charge in [0.05, 0.1) is 12.4 Å². The normalized spacial score (nSPS) is 12.9. The third kappa shape index (κ3) is 3.29. The molecule has 2 nitrogen and oxygen atoms in total. The van der Waals surface area contributed by atoms with Crippen LogP contribution in [0.25, 0.3) is 0 Å². The van der Waals surface area contributed by atoms with Crippen molar-refractivity contribution in [1.29, 1.82) is 0 Å². The molecule has 0 aliphatic rings. The van der Waals surface area contributed by atoms with Crippen molar-refractivity contribution >= 4 is 5.84 Å². The first-order valence-electron chi connectivity index (χ1n) is 5.05. The number of amidine groups is 1. The van der Waals surface area contributed by atoms with Crippen molar-refractivity contribution < 1.29 is 8.78 Å². The van der Waals surface area contributed by atoms with Gasteiger partial charge < -0.3 is 5.73 Å². The van der Waals surface area contributed by atoms with Gasteiger partial charge in [-0.05, 0) is 18.2 Å². The molecule has 0 atom stereocenters. The molecule has 0 saturated heterocycles. The van der Waals surface area contributed by atoms with Gasteiger partial charge in [-0.3, -0.25) is 4.99 Å². The molecule has 0 saturated carbocycles. The van der Waals surface area contributed by atoms with E-state index in [1.807, 2.05) is 20.8 Å². The standard InChI is InChI=1S/C12H16F2N2/c1-12(2,3)11(15)16-7-8-6-9(13)4-5-10(8)14/h4-6H,7H2,1-3H3,(H2,15,16). The van der Waals surface area contributed by atoms with Gasteiger partial charge in [0.1, 0.15) is 11.6 Å². The summed E-state index contributed by atoms with van der Waals surface area (Å²) in [5, 5.41) is 0. The topological polar surface area (TPSA) is 38.4 Å². The van der Waals surface area contributed by atoms with Crippen molar-refractivity contribution in [3.63, 3.8) is 0 Å². The van der Waals surface area contributed by atoms with E-state index < -0.39 is 11.6 Å². The maximum absolute atomic E-state index is 13.2. The molecular formula is C12H16F2N2. The van der Waals surface area contributed by atoms with Crippen LogP contribution in [-0.2, 0) is 6.54 Å². The van der Waals surface area contributed by atoms with Gasteiger partial charge in [0.2, 0.25) is 0 Å². The number of benzene rings is 1. The third-order valence-electron chi connectivity index (χ3n) is 2.20. The Labute approximate surface area is 94.2 Å². The Hall–Kier alpha value is -1.45. The number of hydrogen-bond donors (Lipinski definition) is 1. The molecule has 1 aromatic carbocycles. The van der Waals surface area contributed by atoms with Crippen LogP contribution in [0.5, 0.6) is 0 Å². The summed E-state index contributed by atoms with van der Waals surface area (Å²) in [4.78, 5) is 4.06. The number of nitrogens with two attached hydrogens (primary N) is 1. The smallest absolute Gasteiger partial charge is 0.128 e. The van der Waals surface area contributed by atoms with Crippen molar-refractivity contribution in [1.82, 2.24) is 0 Å². The van der Waals surface area contributed by atoms with Crippen molar-refractivity contribution in [2.45, 2.75) is 27.3 Å². The van der Waals surface area contributed by atoms with E-state index in [1.54, 1.807) is 0 Å². The third-order valence-corrected chi connectivity index (χ3v) is 2.20. The molecule has 16 heavy (non-hydrogen) atoms. The van der Waals surface area contributed by atoms with Crippen molar-refractivity contribution in [3.05, 3.63) is 35.4 Å². The Bertz CT molecular complexity index is 406. The number of nitrogens with zero attached hydrogens (tertiary/aromatic N) is 1. The molecule has 0 heterocycles. The average molecular weight is 226 g/mol. The number of halogens is 2. The highest BCUT2D eigenvalue weighted by atomic mass is 19.1. The van der Waals surface area contributed by atoms with E-state index in [4.69, 9.17) is 5.73 Å². The molecule has 0 amide bonds. The van der Waals surface area contributed by atoms with E-state index in [1.165, 1.54) is 0 Å². The van der Waals surface area contributed by atoms with Crippen LogP contribution in [0.15, 0.2) is 23.2 Å². The molecule has 2 N–H and O–H groups in total. The predicted molar refractivity (Wildman–Crippen MR) is 61.1 cm³/mol. The van der Waals surface area contributed by atoms with Gasteiger partial charge in [-0.1, -0.05) is 20.8 Å². The molecule has 0 spiro atoms. The van der Waals surface area contributed by atoms with Crippen molar-refractivity contribution in [3.8, 4) is 0 Å². The maximum atomic E-state index is 13.2. The SMILES string of the molecule is CC(C)(C)C(N)=NCc1cc(F)ccc1F. The second kappa shape index (κ2) is 4.60. The number of aliphatic imine (C=N–C) groups is 1. The summed E-state index contributed by atoms with van der Waals surface area (Å²) in [5.41, 5.74) is 5.68. The van der Waals surface area contributed by atoms with E-state index in [-0.39, 0.29) is 17.5 Å². The summed E-state index contributed by atoms with van der Waals surface area (Å²) in [6.45, 7) is 5.79. The fraction of sp³-hybridized carbons (Fsp3) is 0.417. The Kier molecular flexibility index (Phi) is 3.62. The molecule has 0 unspecified atom stereocenters. The first-order chi connectivity index (χ1) is 7.30. The van der Waals surface area contributed by atoms with Crippen LogP contribution in [-0.4, -0.2) is 5.84 Å². The summed E-state index contributed by atoms with van der Waals surface area (Å²) in [6.07, 6.45) is 0. The lowest BCUT2D eigenvalue weighted by Crippen LogP contribution is -2.29. The second-order valence-electron chi connectivity index (χ2n) is 4.69. The number of hydrogen-bond acceptors (Lipinski definition) is 1. The minimum Gasteiger partial charge on any atom is -0.387 e. The van der Waals surface area contributed by atoms with Crippen molar-refractivity contribution in [2.75, 3.05) is 0 Å². The van der Waals surface area contributed by atoms with Gasteiger partial charge in [0.15, 0.2) is 0 Å². The molecule has 0 fully saturated rings. The minimum absolute atomic E-state index is 0.0622. The lowest BCUT2D eigenvalue weighted by atomic mass is 9.95. The minimum atomic E-state index is -0.471. The van der Waals surface area contributed by atoms with Crippen LogP contribution >= 0.6 is 0 Å². The molecular weight excluding hydrogens is 210 g/mol. The molecule has 88 valence electrons. The molecule has 0 aliphatic heterocycles. The highest BCUT2D eigenvalue weighted by molar-refractivity contribution is 5.85. The number of rotatable bonds is 2. The van der Waals surface area contributed by atoms with Crippen LogP contribution in [0, 0.1) is 17.0 Å². The molecule has 4 heteroatoms. The summed E-state index contributed by atoms with van der Waals surface area (Å²) >= 11 is 0. The van der Waals surface area contributed by atoms with Gasteiger partial charge in [0, 0.05) is 11.0 Å². The Balaban J connectivity index is 2.86. The fourth-order valence-electron chi connectivity index (χ4n) is 1.07. The lowest BCUT2D eigenvalue weighted by molar-refractivity contribution is 0.573. The highest BCUT2D eigenvalue weighted by Gasteiger charge is 2.15. The first-order valence-corrected chi connectivity index (χ1v) is 5.05. The molecule has 0 aliphatic carbocycles.